The van der Waals surface area contributed by atoms with Gasteiger partial charge in [0.05, 0.1) is 6.42 Å². The Balaban J connectivity index is 1.72. The van der Waals surface area contributed by atoms with Gasteiger partial charge < -0.3 is 9.80 Å². The molecule has 0 unspecified atom stereocenters. The first-order valence-corrected chi connectivity index (χ1v) is 9.83. The maximum Gasteiger partial charge on any atom is 0.227 e. The van der Waals surface area contributed by atoms with Gasteiger partial charge >= 0.3 is 0 Å². The first-order valence-electron chi connectivity index (χ1n) is 9.45. The van der Waals surface area contributed by atoms with Crippen molar-refractivity contribution < 1.29 is 9.59 Å². The van der Waals surface area contributed by atoms with Gasteiger partial charge in [-0.05, 0) is 38.4 Å². The molecule has 0 aliphatic carbocycles. The summed E-state index contributed by atoms with van der Waals surface area (Å²) in [5.41, 5.74) is 0.772. The molecule has 2 aliphatic rings. The molecule has 2 amide bonds. The Kier molecular flexibility index (Phi) is 5.88. The number of halogens is 1. The van der Waals surface area contributed by atoms with Gasteiger partial charge in [0, 0.05) is 49.7 Å². The van der Waals surface area contributed by atoms with Crippen molar-refractivity contribution in [2.45, 2.75) is 38.1 Å². The van der Waals surface area contributed by atoms with Crippen molar-refractivity contribution in [2.24, 2.45) is 0 Å². The van der Waals surface area contributed by atoms with E-state index in [-0.39, 0.29) is 17.4 Å². The third-order valence-corrected chi connectivity index (χ3v) is 6.41. The lowest BCUT2D eigenvalue weighted by molar-refractivity contribution is -0.136. The molecule has 2 aliphatic heterocycles. The van der Waals surface area contributed by atoms with Crippen molar-refractivity contribution in [2.75, 3.05) is 39.8 Å². The van der Waals surface area contributed by atoms with Crippen LogP contribution in [0.25, 0.3) is 0 Å². The molecule has 142 valence electrons. The average Bonchev–Trinajstić information content (AvgIpc) is 2.79. The Labute approximate surface area is 160 Å². The number of likely N-dealkylation sites (tertiary alicyclic amines) is 1. The highest BCUT2D eigenvalue weighted by Crippen LogP contribution is 2.32. The van der Waals surface area contributed by atoms with Crippen LogP contribution in [0, 0.1) is 0 Å². The van der Waals surface area contributed by atoms with Gasteiger partial charge in [0.15, 0.2) is 0 Å². The molecule has 1 spiro atoms. The van der Waals surface area contributed by atoms with Gasteiger partial charge in [-0.1, -0.05) is 29.8 Å². The number of carbonyl (C=O) groups excluding carboxylic acids is 2. The molecule has 3 rings (SSSR count). The first kappa shape index (κ1) is 19.2. The fraction of sp³-hybridized carbons (Fsp3) is 0.600. The smallest absolute Gasteiger partial charge is 0.227 e. The highest BCUT2D eigenvalue weighted by molar-refractivity contribution is 6.31. The first-order chi connectivity index (χ1) is 12.4. The van der Waals surface area contributed by atoms with Crippen LogP contribution in [0.4, 0.5) is 0 Å². The number of amides is 2. The van der Waals surface area contributed by atoms with Crippen LogP contribution in [-0.4, -0.2) is 71.8 Å². The second-order valence-electron chi connectivity index (χ2n) is 7.45. The molecule has 0 saturated carbocycles. The summed E-state index contributed by atoms with van der Waals surface area (Å²) in [6.07, 6.45) is 2.62. The third kappa shape index (κ3) is 3.89. The number of hydrogen-bond donors (Lipinski definition) is 0. The fourth-order valence-electron chi connectivity index (χ4n) is 4.16. The Morgan fingerprint density at radius 3 is 2.69 bits per heavy atom. The standard InChI is InChI=1S/C20H28ClN3O2/c1-3-23-11-10-20(9-8-18(23)25)15-24(13-12-22(20)2)19(26)14-16-6-4-5-7-17(16)21/h4-7H,3,8-15H2,1-2H3/t20-/m1/s1. The maximum atomic E-state index is 12.9. The minimum Gasteiger partial charge on any atom is -0.343 e. The average molecular weight is 378 g/mol. The van der Waals surface area contributed by atoms with Crippen LogP contribution in [-0.2, 0) is 16.0 Å². The van der Waals surface area contributed by atoms with Crippen LogP contribution in [0.1, 0.15) is 31.7 Å². The number of hydrogen-bond acceptors (Lipinski definition) is 3. The van der Waals surface area contributed by atoms with Crippen LogP contribution < -0.4 is 0 Å². The number of benzene rings is 1. The zero-order chi connectivity index (χ0) is 18.7. The summed E-state index contributed by atoms with van der Waals surface area (Å²) in [6, 6.07) is 7.53. The lowest BCUT2D eigenvalue weighted by Gasteiger charge is -2.49. The van der Waals surface area contributed by atoms with Gasteiger partial charge in [0.1, 0.15) is 0 Å². The molecular weight excluding hydrogens is 350 g/mol. The zero-order valence-electron chi connectivity index (χ0n) is 15.7. The van der Waals surface area contributed by atoms with E-state index in [1.807, 2.05) is 41.0 Å². The summed E-state index contributed by atoms with van der Waals surface area (Å²) in [7, 11) is 2.13. The summed E-state index contributed by atoms with van der Waals surface area (Å²) in [5.74, 6) is 0.353. The van der Waals surface area contributed by atoms with Crippen LogP contribution >= 0.6 is 11.6 Å². The van der Waals surface area contributed by atoms with Crippen LogP contribution in [0.2, 0.25) is 5.02 Å². The third-order valence-electron chi connectivity index (χ3n) is 6.04. The molecule has 1 atom stereocenters. The monoisotopic (exact) mass is 377 g/mol. The second kappa shape index (κ2) is 7.97. The summed E-state index contributed by atoms with van der Waals surface area (Å²) in [5, 5.41) is 0.642. The molecule has 2 heterocycles. The lowest BCUT2D eigenvalue weighted by atomic mass is 9.86. The molecule has 26 heavy (non-hydrogen) atoms. The highest BCUT2D eigenvalue weighted by atomic mass is 35.5. The largest absolute Gasteiger partial charge is 0.343 e. The molecule has 2 fully saturated rings. The topological polar surface area (TPSA) is 43.9 Å². The van der Waals surface area contributed by atoms with Crippen molar-refractivity contribution in [3.8, 4) is 0 Å². The van der Waals surface area contributed by atoms with Gasteiger partial charge in [-0.2, -0.15) is 0 Å². The van der Waals surface area contributed by atoms with Crippen molar-refractivity contribution in [3.05, 3.63) is 34.9 Å². The van der Waals surface area contributed by atoms with E-state index in [2.05, 4.69) is 11.9 Å². The van der Waals surface area contributed by atoms with Gasteiger partial charge in [0.2, 0.25) is 11.8 Å². The minimum atomic E-state index is -0.103. The summed E-state index contributed by atoms with van der Waals surface area (Å²) in [4.78, 5) is 31.4. The number of carbonyl (C=O) groups is 2. The molecule has 5 nitrogen and oxygen atoms in total. The van der Waals surface area contributed by atoms with Crippen LogP contribution in [0.3, 0.4) is 0 Å². The molecule has 0 radical (unpaired) electrons. The molecule has 0 bridgehead atoms. The predicted octanol–water partition coefficient (Wildman–Crippen LogP) is 2.43. The van der Waals surface area contributed by atoms with Crippen LogP contribution in [0.15, 0.2) is 24.3 Å². The fourth-order valence-corrected chi connectivity index (χ4v) is 4.36. The molecule has 1 aromatic carbocycles. The van der Waals surface area contributed by atoms with E-state index in [4.69, 9.17) is 11.6 Å². The Bertz CT molecular complexity index is 681. The molecule has 6 heteroatoms. The van der Waals surface area contributed by atoms with Gasteiger partial charge in [-0.3, -0.25) is 14.5 Å². The van der Waals surface area contributed by atoms with E-state index >= 15 is 0 Å². The summed E-state index contributed by atoms with van der Waals surface area (Å²) < 4.78 is 0. The number of piperazine rings is 1. The van der Waals surface area contributed by atoms with E-state index in [9.17, 15) is 9.59 Å². The second-order valence-corrected chi connectivity index (χ2v) is 7.86. The van der Waals surface area contributed by atoms with E-state index in [1.54, 1.807) is 0 Å². The minimum absolute atomic E-state index is 0.103. The number of nitrogens with zero attached hydrogens (tertiary/aromatic N) is 3. The Morgan fingerprint density at radius 1 is 1.19 bits per heavy atom. The van der Waals surface area contributed by atoms with Crippen molar-refractivity contribution in [3.63, 3.8) is 0 Å². The number of likely N-dealkylation sites (N-methyl/N-ethyl adjacent to an activating group) is 1. The van der Waals surface area contributed by atoms with Gasteiger partial charge in [-0.25, -0.2) is 0 Å². The van der Waals surface area contributed by atoms with Crippen LogP contribution in [0.5, 0.6) is 0 Å². The van der Waals surface area contributed by atoms with E-state index in [0.717, 1.165) is 44.6 Å². The maximum absolute atomic E-state index is 12.9. The Morgan fingerprint density at radius 2 is 1.96 bits per heavy atom. The number of rotatable bonds is 3. The van der Waals surface area contributed by atoms with E-state index in [0.29, 0.717) is 24.4 Å². The molecule has 0 N–H and O–H groups in total. The van der Waals surface area contributed by atoms with Crippen molar-refractivity contribution in [1.29, 1.82) is 0 Å². The SMILES string of the molecule is CCN1CC[C@]2(CCC1=O)CN(C(=O)Cc1ccccc1Cl)CCN2C. The van der Waals surface area contributed by atoms with Crippen molar-refractivity contribution in [1.82, 2.24) is 14.7 Å². The van der Waals surface area contributed by atoms with Gasteiger partial charge in [-0.15, -0.1) is 0 Å². The highest BCUT2D eigenvalue weighted by Gasteiger charge is 2.43. The summed E-state index contributed by atoms with van der Waals surface area (Å²) in [6.45, 7) is 5.82. The lowest BCUT2D eigenvalue weighted by Crippen LogP contribution is -2.62. The zero-order valence-corrected chi connectivity index (χ0v) is 16.5. The quantitative estimate of drug-likeness (QED) is 0.812. The molecule has 1 aromatic rings. The molecule has 0 aromatic heterocycles. The molecular formula is C20H28ClN3O2. The summed E-state index contributed by atoms with van der Waals surface area (Å²) >= 11 is 6.22. The predicted molar refractivity (Wildman–Crippen MR) is 103 cm³/mol. The normalized spacial score (nSPS) is 24.8. The molecule has 2 saturated heterocycles. The Hall–Kier alpha value is -1.59. The van der Waals surface area contributed by atoms with Crippen molar-refractivity contribution >= 4 is 23.4 Å². The van der Waals surface area contributed by atoms with E-state index in [1.165, 1.54) is 0 Å². The van der Waals surface area contributed by atoms with E-state index < -0.39 is 0 Å². The van der Waals surface area contributed by atoms with Gasteiger partial charge in [0.25, 0.3) is 0 Å².